The minimum absolute atomic E-state index is 0.0192. The van der Waals surface area contributed by atoms with Crippen LogP contribution in [0.4, 0.5) is 11.5 Å². The molecule has 1 heterocycles. The molecule has 0 aliphatic carbocycles. The van der Waals surface area contributed by atoms with Crippen LogP contribution in [0.3, 0.4) is 0 Å². The van der Waals surface area contributed by atoms with Crippen molar-refractivity contribution in [3.63, 3.8) is 0 Å². The van der Waals surface area contributed by atoms with Gasteiger partial charge in [0.05, 0.1) is 24.5 Å². The van der Waals surface area contributed by atoms with Gasteiger partial charge in [0.25, 0.3) is 5.91 Å². The number of hydrogen-bond donors (Lipinski definition) is 2. The lowest BCUT2D eigenvalue weighted by Gasteiger charge is -2.14. The monoisotopic (exact) mass is 391 g/mol. The highest BCUT2D eigenvalue weighted by Crippen LogP contribution is 2.25. The van der Waals surface area contributed by atoms with E-state index in [9.17, 15) is 4.79 Å². The Bertz CT molecular complexity index is 938. The number of aromatic nitrogens is 1. The third-order valence-corrected chi connectivity index (χ3v) is 4.16. The quantitative estimate of drug-likeness (QED) is 0.580. The molecule has 0 radical (unpaired) electrons. The van der Waals surface area contributed by atoms with Gasteiger partial charge in [0.1, 0.15) is 17.3 Å². The number of methoxy groups -OCH3 is 1. The molecular weight excluding hydrogens is 366 g/mol. The molecule has 0 atom stereocenters. The average Bonchev–Trinajstić information content (AvgIpc) is 2.74. The predicted octanol–water partition coefficient (Wildman–Crippen LogP) is 4.74. The lowest BCUT2D eigenvalue weighted by molar-refractivity contribution is 0.102. The number of benzene rings is 2. The Balaban J connectivity index is 1.60. The van der Waals surface area contributed by atoms with Crippen molar-refractivity contribution in [2.75, 3.05) is 17.7 Å². The van der Waals surface area contributed by atoms with E-state index in [1.54, 1.807) is 25.4 Å². The molecule has 2 aromatic carbocycles. The molecule has 1 amide bonds. The number of nitrogens with one attached hydrogen (secondary N) is 2. The molecule has 0 unspecified atom stereocenters. The molecule has 0 spiro atoms. The molecule has 6 nitrogen and oxygen atoms in total. The van der Waals surface area contributed by atoms with Gasteiger partial charge in [0.2, 0.25) is 0 Å². The number of carbonyl (C=O) groups excluding carboxylic acids is 1. The van der Waals surface area contributed by atoms with Crippen molar-refractivity contribution in [3.05, 3.63) is 78.0 Å². The van der Waals surface area contributed by atoms with Crippen LogP contribution in [0.15, 0.2) is 66.9 Å². The minimum atomic E-state index is -0.237. The molecule has 0 aliphatic heterocycles. The van der Waals surface area contributed by atoms with Crippen molar-refractivity contribution in [3.8, 4) is 11.5 Å². The molecule has 0 saturated heterocycles. The van der Waals surface area contributed by atoms with Crippen molar-refractivity contribution >= 4 is 17.4 Å². The molecular formula is C23H25N3O3. The Morgan fingerprint density at radius 3 is 2.45 bits per heavy atom. The first kappa shape index (κ1) is 20.2. The third-order valence-electron chi connectivity index (χ3n) is 4.16. The van der Waals surface area contributed by atoms with Gasteiger partial charge in [-0.1, -0.05) is 24.3 Å². The fourth-order valence-electron chi connectivity index (χ4n) is 2.69. The Morgan fingerprint density at radius 1 is 1.03 bits per heavy atom. The predicted molar refractivity (Wildman–Crippen MR) is 115 cm³/mol. The summed E-state index contributed by atoms with van der Waals surface area (Å²) in [7, 11) is 1.64. The number of anilines is 2. The van der Waals surface area contributed by atoms with Crippen LogP contribution in [0.25, 0.3) is 0 Å². The van der Waals surface area contributed by atoms with E-state index < -0.39 is 0 Å². The lowest BCUT2D eigenvalue weighted by Crippen LogP contribution is -2.15. The minimum Gasteiger partial charge on any atom is -0.497 e. The van der Waals surface area contributed by atoms with Crippen LogP contribution in [0.2, 0.25) is 0 Å². The SMILES string of the molecule is COc1ccc(CNc2ccc(C(=O)Nc3ccccc3OC(C)C)cn2)cc1. The van der Waals surface area contributed by atoms with Crippen LogP contribution in [-0.2, 0) is 6.54 Å². The normalized spacial score (nSPS) is 10.5. The highest BCUT2D eigenvalue weighted by molar-refractivity contribution is 6.04. The summed E-state index contributed by atoms with van der Waals surface area (Å²) in [6, 6.07) is 18.7. The summed E-state index contributed by atoms with van der Waals surface area (Å²) in [5.74, 6) is 1.92. The van der Waals surface area contributed by atoms with Gasteiger partial charge in [-0.3, -0.25) is 4.79 Å². The summed E-state index contributed by atoms with van der Waals surface area (Å²) in [5, 5.41) is 6.13. The summed E-state index contributed by atoms with van der Waals surface area (Å²) in [6.07, 6.45) is 1.57. The van der Waals surface area contributed by atoms with Crippen LogP contribution in [0, 0.1) is 0 Å². The second-order valence-corrected chi connectivity index (χ2v) is 6.75. The van der Waals surface area contributed by atoms with Crippen molar-refractivity contribution in [2.24, 2.45) is 0 Å². The molecule has 0 bridgehead atoms. The first-order valence-electron chi connectivity index (χ1n) is 9.45. The number of pyridine rings is 1. The summed E-state index contributed by atoms with van der Waals surface area (Å²) >= 11 is 0. The highest BCUT2D eigenvalue weighted by Gasteiger charge is 2.11. The fraction of sp³-hybridized carbons (Fsp3) is 0.217. The largest absolute Gasteiger partial charge is 0.497 e. The van der Waals surface area contributed by atoms with Crippen molar-refractivity contribution in [2.45, 2.75) is 26.5 Å². The Morgan fingerprint density at radius 2 is 1.79 bits per heavy atom. The van der Waals surface area contributed by atoms with Gasteiger partial charge in [-0.25, -0.2) is 4.98 Å². The van der Waals surface area contributed by atoms with E-state index in [0.717, 1.165) is 11.3 Å². The maximum absolute atomic E-state index is 12.6. The number of rotatable bonds is 8. The number of hydrogen-bond acceptors (Lipinski definition) is 5. The Kier molecular flexibility index (Phi) is 6.68. The zero-order chi connectivity index (χ0) is 20.6. The summed E-state index contributed by atoms with van der Waals surface area (Å²) in [6.45, 7) is 4.52. The molecule has 3 rings (SSSR count). The molecule has 3 aromatic rings. The first-order chi connectivity index (χ1) is 14.0. The topological polar surface area (TPSA) is 72.5 Å². The zero-order valence-electron chi connectivity index (χ0n) is 16.8. The van der Waals surface area contributed by atoms with E-state index in [1.165, 1.54) is 0 Å². The summed E-state index contributed by atoms with van der Waals surface area (Å²) < 4.78 is 10.9. The zero-order valence-corrected chi connectivity index (χ0v) is 16.8. The van der Waals surface area contributed by atoms with Crippen molar-refractivity contribution in [1.82, 2.24) is 4.98 Å². The van der Waals surface area contributed by atoms with E-state index in [1.807, 2.05) is 62.4 Å². The second-order valence-electron chi connectivity index (χ2n) is 6.75. The number of amides is 1. The summed E-state index contributed by atoms with van der Waals surface area (Å²) in [4.78, 5) is 16.9. The molecule has 6 heteroatoms. The smallest absolute Gasteiger partial charge is 0.257 e. The fourth-order valence-corrected chi connectivity index (χ4v) is 2.69. The number of carbonyl (C=O) groups is 1. The van der Waals surface area contributed by atoms with Gasteiger partial charge < -0.3 is 20.1 Å². The van der Waals surface area contributed by atoms with Gasteiger partial charge in [-0.05, 0) is 55.8 Å². The average molecular weight is 391 g/mol. The third kappa shape index (κ3) is 5.72. The maximum Gasteiger partial charge on any atom is 0.257 e. The molecule has 0 fully saturated rings. The van der Waals surface area contributed by atoms with Crippen LogP contribution >= 0.6 is 0 Å². The van der Waals surface area contributed by atoms with Crippen molar-refractivity contribution in [1.29, 1.82) is 0 Å². The molecule has 1 aromatic heterocycles. The second kappa shape index (κ2) is 9.59. The van der Waals surface area contributed by atoms with E-state index in [4.69, 9.17) is 9.47 Å². The van der Waals surface area contributed by atoms with Gasteiger partial charge in [-0.2, -0.15) is 0 Å². The van der Waals surface area contributed by atoms with Gasteiger partial charge in [-0.15, -0.1) is 0 Å². The van der Waals surface area contributed by atoms with Gasteiger partial charge >= 0.3 is 0 Å². The van der Waals surface area contributed by atoms with E-state index >= 15 is 0 Å². The van der Waals surface area contributed by atoms with Gasteiger partial charge in [0.15, 0.2) is 0 Å². The van der Waals surface area contributed by atoms with Crippen LogP contribution < -0.4 is 20.1 Å². The Hall–Kier alpha value is -3.54. The maximum atomic E-state index is 12.6. The summed E-state index contributed by atoms with van der Waals surface area (Å²) in [5.41, 5.74) is 2.21. The first-order valence-corrected chi connectivity index (χ1v) is 9.45. The standard InChI is InChI=1S/C23H25N3O3/c1-16(2)29-21-7-5-4-6-20(21)26-23(27)18-10-13-22(25-15-18)24-14-17-8-11-19(28-3)12-9-17/h4-13,15-16H,14H2,1-3H3,(H,24,25)(H,26,27). The molecule has 2 N–H and O–H groups in total. The number of para-hydroxylation sites is 2. The number of nitrogens with zero attached hydrogens (tertiary/aromatic N) is 1. The van der Waals surface area contributed by atoms with Crippen LogP contribution in [0.5, 0.6) is 11.5 Å². The molecule has 150 valence electrons. The van der Waals surface area contributed by atoms with E-state index in [-0.39, 0.29) is 12.0 Å². The van der Waals surface area contributed by atoms with E-state index in [2.05, 4.69) is 15.6 Å². The lowest BCUT2D eigenvalue weighted by atomic mass is 10.2. The van der Waals surface area contributed by atoms with Crippen LogP contribution in [-0.4, -0.2) is 24.1 Å². The highest BCUT2D eigenvalue weighted by atomic mass is 16.5. The van der Waals surface area contributed by atoms with Crippen molar-refractivity contribution < 1.29 is 14.3 Å². The molecule has 29 heavy (non-hydrogen) atoms. The molecule has 0 saturated carbocycles. The van der Waals surface area contributed by atoms with E-state index in [0.29, 0.717) is 29.4 Å². The molecule has 0 aliphatic rings. The number of ether oxygens (including phenoxy) is 2. The Labute approximate surface area is 170 Å². The van der Waals surface area contributed by atoms with Crippen LogP contribution in [0.1, 0.15) is 29.8 Å². The van der Waals surface area contributed by atoms with Gasteiger partial charge in [0, 0.05) is 12.7 Å².